The van der Waals surface area contributed by atoms with Gasteiger partial charge in [0.2, 0.25) is 0 Å². The van der Waals surface area contributed by atoms with E-state index in [-0.39, 0.29) is 12.5 Å². The van der Waals surface area contributed by atoms with Gasteiger partial charge in [-0.05, 0) is 38.5 Å². The molecule has 0 heterocycles. The first-order chi connectivity index (χ1) is 8.43. The molecule has 4 nitrogen and oxygen atoms in total. The largest absolute Gasteiger partial charge is 0.497 e. The summed E-state index contributed by atoms with van der Waals surface area (Å²) in [5.41, 5.74) is 6.73. The number of hydrogen-bond donors (Lipinski definition) is 2. The minimum atomic E-state index is -0.442. The maximum atomic E-state index is 9.22. The molecule has 0 spiro atoms. The second kappa shape index (κ2) is 6.07. The van der Waals surface area contributed by atoms with Crippen molar-refractivity contribution in [2.75, 3.05) is 20.8 Å². The summed E-state index contributed by atoms with van der Waals surface area (Å²) in [6.07, 6.45) is 0.590. The summed E-state index contributed by atoms with van der Waals surface area (Å²) in [7, 11) is 3.26. The predicted octanol–water partition coefficient (Wildman–Crippen LogP) is 1.91. The van der Waals surface area contributed by atoms with Crippen LogP contribution in [-0.2, 0) is 0 Å². The normalized spacial score (nSPS) is 13.2. The quantitative estimate of drug-likeness (QED) is 0.812. The highest BCUT2D eigenvalue weighted by Crippen LogP contribution is 2.37. The molecule has 3 N–H and O–H groups in total. The van der Waals surface area contributed by atoms with Crippen LogP contribution in [0.25, 0.3) is 0 Å². The molecule has 1 unspecified atom stereocenters. The van der Waals surface area contributed by atoms with Crippen LogP contribution in [0.1, 0.15) is 31.7 Å². The van der Waals surface area contributed by atoms with Crippen molar-refractivity contribution in [1.82, 2.24) is 0 Å². The molecule has 0 radical (unpaired) electrons. The third kappa shape index (κ3) is 3.37. The van der Waals surface area contributed by atoms with Crippen molar-refractivity contribution in [2.45, 2.75) is 31.7 Å². The van der Waals surface area contributed by atoms with Gasteiger partial charge in [-0.3, -0.25) is 0 Å². The lowest BCUT2D eigenvalue weighted by Crippen LogP contribution is -2.40. The van der Waals surface area contributed by atoms with Crippen LogP contribution in [0.3, 0.4) is 0 Å². The first-order valence-corrected chi connectivity index (χ1v) is 6.05. The van der Waals surface area contributed by atoms with E-state index in [1.807, 2.05) is 32.0 Å². The number of nitrogens with two attached hydrogens (primary N) is 1. The molecule has 0 fully saturated rings. The van der Waals surface area contributed by atoms with Gasteiger partial charge < -0.3 is 20.3 Å². The maximum absolute atomic E-state index is 9.22. The number of benzene rings is 1. The van der Waals surface area contributed by atoms with Gasteiger partial charge >= 0.3 is 0 Å². The van der Waals surface area contributed by atoms with Crippen molar-refractivity contribution in [1.29, 1.82) is 0 Å². The second-order valence-electron chi connectivity index (χ2n) is 4.99. The van der Waals surface area contributed by atoms with Crippen molar-refractivity contribution < 1.29 is 14.6 Å². The van der Waals surface area contributed by atoms with E-state index in [1.165, 1.54) is 0 Å². The number of aliphatic hydroxyl groups is 1. The van der Waals surface area contributed by atoms with Gasteiger partial charge in [0.05, 0.1) is 14.2 Å². The standard InChI is InChI=1S/C14H23NO3/c1-14(2,15)12(7-8-16)11-9-10(17-3)5-6-13(11)18-4/h5-6,9,12,16H,7-8,15H2,1-4H3. The molecule has 18 heavy (non-hydrogen) atoms. The lowest BCUT2D eigenvalue weighted by Gasteiger charge is -2.31. The lowest BCUT2D eigenvalue weighted by molar-refractivity contribution is 0.247. The number of ether oxygens (including phenoxy) is 2. The molecule has 1 rings (SSSR count). The Kier molecular flexibility index (Phi) is 4.99. The van der Waals surface area contributed by atoms with Crippen molar-refractivity contribution in [3.05, 3.63) is 23.8 Å². The topological polar surface area (TPSA) is 64.7 Å². The molecule has 0 saturated carbocycles. The maximum Gasteiger partial charge on any atom is 0.122 e. The minimum Gasteiger partial charge on any atom is -0.497 e. The molecule has 0 amide bonds. The Hall–Kier alpha value is -1.26. The molecule has 4 heteroatoms. The van der Waals surface area contributed by atoms with Crippen LogP contribution in [0.4, 0.5) is 0 Å². The van der Waals surface area contributed by atoms with Gasteiger partial charge in [-0.2, -0.15) is 0 Å². The molecular weight excluding hydrogens is 230 g/mol. The van der Waals surface area contributed by atoms with Crippen molar-refractivity contribution >= 4 is 0 Å². The Morgan fingerprint density at radius 3 is 2.39 bits per heavy atom. The SMILES string of the molecule is COc1ccc(OC)c(C(CCO)C(C)(C)N)c1. The molecular formula is C14H23NO3. The molecule has 102 valence electrons. The first-order valence-electron chi connectivity index (χ1n) is 6.05. The molecule has 0 aliphatic heterocycles. The number of hydrogen-bond acceptors (Lipinski definition) is 4. The Morgan fingerprint density at radius 1 is 1.28 bits per heavy atom. The Balaban J connectivity index is 3.24. The van der Waals surface area contributed by atoms with E-state index in [0.717, 1.165) is 17.1 Å². The van der Waals surface area contributed by atoms with E-state index in [0.29, 0.717) is 6.42 Å². The van der Waals surface area contributed by atoms with Gasteiger partial charge in [0.25, 0.3) is 0 Å². The summed E-state index contributed by atoms with van der Waals surface area (Å²) in [4.78, 5) is 0. The van der Waals surface area contributed by atoms with Gasteiger partial charge in [-0.25, -0.2) is 0 Å². The van der Waals surface area contributed by atoms with Gasteiger partial charge in [0.15, 0.2) is 0 Å². The van der Waals surface area contributed by atoms with Crippen LogP contribution in [-0.4, -0.2) is 31.5 Å². The van der Waals surface area contributed by atoms with E-state index in [9.17, 15) is 5.11 Å². The van der Waals surface area contributed by atoms with Crippen molar-refractivity contribution in [2.24, 2.45) is 5.73 Å². The summed E-state index contributed by atoms with van der Waals surface area (Å²) >= 11 is 0. The summed E-state index contributed by atoms with van der Waals surface area (Å²) in [6, 6.07) is 5.64. The average Bonchev–Trinajstić information content (AvgIpc) is 2.33. The Morgan fingerprint density at radius 2 is 1.94 bits per heavy atom. The van der Waals surface area contributed by atoms with Crippen LogP contribution in [0.15, 0.2) is 18.2 Å². The average molecular weight is 253 g/mol. The van der Waals surface area contributed by atoms with E-state index in [1.54, 1.807) is 14.2 Å². The van der Waals surface area contributed by atoms with Gasteiger partial charge in [0, 0.05) is 23.6 Å². The molecule has 1 aromatic rings. The number of aliphatic hydroxyl groups excluding tert-OH is 1. The summed E-state index contributed by atoms with van der Waals surface area (Å²) < 4.78 is 10.6. The molecule has 1 aromatic carbocycles. The van der Waals surface area contributed by atoms with Crippen molar-refractivity contribution in [3.8, 4) is 11.5 Å². The van der Waals surface area contributed by atoms with Gasteiger partial charge in [-0.15, -0.1) is 0 Å². The van der Waals surface area contributed by atoms with Gasteiger partial charge in [0.1, 0.15) is 11.5 Å². The summed E-state index contributed by atoms with van der Waals surface area (Å²) in [6.45, 7) is 3.99. The highest BCUT2D eigenvalue weighted by atomic mass is 16.5. The van der Waals surface area contributed by atoms with E-state index < -0.39 is 5.54 Å². The fourth-order valence-corrected chi connectivity index (χ4v) is 2.17. The highest BCUT2D eigenvalue weighted by molar-refractivity contribution is 5.43. The third-order valence-corrected chi connectivity index (χ3v) is 3.13. The van der Waals surface area contributed by atoms with Gasteiger partial charge in [-0.1, -0.05) is 0 Å². The number of methoxy groups -OCH3 is 2. The Labute approximate surface area is 109 Å². The van der Waals surface area contributed by atoms with Crippen molar-refractivity contribution in [3.63, 3.8) is 0 Å². The molecule has 0 aromatic heterocycles. The molecule has 0 aliphatic carbocycles. The van der Waals surface area contributed by atoms with Crippen LogP contribution < -0.4 is 15.2 Å². The molecule has 0 bridgehead atoms. The minimum absolute atomic E-state index is 0.00699. The molecule has 1 atom stereocenters. The summed E-state index contributed by atoms with van der Waals surface area (Å²) in [5.74, 6) is 1.54. The zero-order chi connectivity index (χ0) is 13.8. The lowest BCUT2D eigenvalue weighted by atomic mass is 9.80. The molecule has 0 aliphatic rings. The smallest absolute Gasteiger partial charge is 0.122 e. The van der Waals surface area contributed by atoms with E-state index in [4.69, 9.17) is 15.2 Å². The zero-order valence-corrected chi connectivity index (χ0v) is 11.6. The predicted molar refractivity (Wildman–Crippen MR) is 72.3 cm³/mol. The fourth-order valence-electron chi connectivity index (χ4n) is 2.17. The van der Waals surface area contributed by atoms with E-state index in [2.05, 4.69) is 0 Å². The Bertz CT molecular complexity index is 385. The zero-order valence-electron chi connectivity index (χ0n) is 11.6. The third-order valence-electron chi connectivity index (χ3n) is 3.13. The highest BCUT2D eigenvalue weighted by Gasteiger charge is 2.29. The molecule has 0 saturated heterocycles. The van der Waals surface area contributed by atoms with Crippen LogP contribution >= 0.6 is 0 Å². The van der Waals surface area contributed by atoms with Crippen LogP contribution in [0, 0.1) is 0 Å². The van der Waals surface area contributed by atoms with Crippen LogP contribution in [0.5, 0.6) is 11.5 Å². The fraction of sp³-hybridized carbons (Fsp3) is 0.571. The van der Waals surface area contributed by atoms with E-state index >= 15 is 0 Å². The van der Waals surface area contributed by atoms with Crippen LogP contribution in [0.2, 0.25) is 0 Å². The monoisotopic (exact) mass is 253 g/mol. The second-order valence-corrected chi connectivity index (χ2v) is 4.99. The number of rotatable bonds is 6. The summed E-state index contributed by atoms with van der Waals surface area (Å²) in [5, 5.41) is 9.22. The first kappa shape index (κ1) is 14.8.